The Morgan fingerprint density at radius 1 is 1.05 bits per heavy atom. The van der Waals surface area contributed by atoms with Gasteiger partial charge in [-0.2, -0.15) is 0 Å². The summed E-state index contributed by atoms with van der Waals surface area (Å²) in [5, 5.41) is 0. The van der Waals surface area contributed by atoms with Gasteiger partial charge >= 0.3 is 0 Å². The van der Waals surface area contributed by atoms with Crippen LogP contribution in [0.2, 0.25) is 0 Å². The molecule has 0 fully saturated rings. The predicted octanol–water partition coefficient (Wildman–Crippen LogP) is 4.96. The second-order valence-corrected chi connectivity index (χ2v) is 9.51. The molecule has 1 rings (SSSR count). The highest BCUT2D eigenvalue weighted by atomic mass is 32.3. The molecule has 0 bridgehead atoms. The van der Waals surface area contributed by atoms with Crippen molar-refractivity contribution in [2.75, 3.05) is 12.5 Å². The molecule has 1 aromatic carbocycles. The third-order valence-electron chi connectivity index (χ3n) is 2.59. The first-order chi connectivity index (χ1) is 9.70. The fourth-order valence-corrected chi connectivity index (χ4v) is 4.96. The van der Waals surface area contributed by atoms with E-state index in [0.29, 0.717) is 9.13 Å². The summed E-state index contributed by atoms with van der Waals surface area (Å²) in [5.74, 6) is 0. The molecule has 0 unspecified atom stereocenters. The van der Waals surface area contributed by atoms with E-state index >= 15 is 0 Å². The summed E-state index contributed by atoms with van der Waals surface area (Å²) in [5.41, 5.74) is 0.00880. The van der Waals surface area contributed by atoms with Crippen molar-refractivity contribution in [1.82, 2.24) is 0 Å². The van der Waals surface area contributed by atoms with Crippen LogP contribution in [0.25, 0.3) is 0 Å². The van der Waals surface area contributed by atoms with Gasteiger partial charge in [0.25, 0.3) is 0 Å². The largest absolute Gasteiger partial charge is 0.218 e. The van der Waals surface area contributed by atoms with Crippen LogP contribution < -0.4 is 0 Å². The van der Waals surface area contributed by atoms with E-state index in [0.717, 1.165) is 4.91 Å². The smallest absolute Gasteiger partial charge is 0.212 e. The van der Waals surface area contributed by atoms with Crippen molar-refractivity contribution in [2.45, 2.75) is 25.7 Å². The van der Waals surface area contributed by atoms with E-state index in [1.807, 2.05) is 12.3 Å². The third kappa shape index (κ3) is 5.57. The average molecular weight is 343 g/mol. The van der Waals surface area contributed by atoms with Crippen molar-refractivity contribution in [3.8, 4) is 0 Å². The first-order valence-electron chi connectivity index (χ1n) is 6.53. The monoisotopic (exact) mass is 342 g/mol. The highest BCUT2D eigenvalue weighted by Crippen LogP contribution is 2.31. The number of hydrogen-bond acceptors (Lipinski definition) is 4. The van der Waals surface area contributed by atoms with Gasteiger partial charge in [-0.05, 0) is 36.1 Å². The maximum Gasteiger partial charge on any atom is 0.212 e. The normalized spacial score (nSPS) is 14.3. The molecule has 0 spiro atoms. The molecule has 0 amide bonds. The van der Waals surface area contributed by atoms with Gasteiger partial charge in [0.15, 0.2) is 0 Å². The lowest BCUT2D eigenvalue weighted by atomic mass is 9.96. The molecule has 0 saturated carbocycles. The van der Waals surface area contributed by atoms with E-state index in [4.69, 9.17) is 0 Å². The van der Waals surface area contributed by atoms with Crippen LogP contribution in [0.15, 0.2) is 56.5 Å². The molecule has 0 aromatic heterocycles. The average Bonchev–Trinajstić information content (AvgIpc) is 2.42. The lowest BCUT2D eigenvalue weighted by Crippen LogP contribution is -2.04. The first-order valence-corrected chi connectivity index (χ1v) is 10.5. The van der Waals surface area contributed by atoms with Crippen molar-refractivity contribution in [3.63, 3.8) is 0 Å². The van der Waals surface area contributed by atoms with Gasteiger partial charge in [0, 0.05) is 4.91 Å². The fraction of sp³-hybridized carbons (Fsp3) is 0.375. The summed E-state index contributed by atoms with van der Waals surface area (Å²) in [7, 11) is -3.44. The summed E-state index contributed by atoms with van der Waals surface area (Å²) < 4.78 is 25.7. The van der Waals surface area contributed by atoms with Crippen LogP contribution in [0.5, 0.6) is 0 Å². The highest BCUT2D eigenvalue weighted by molar-refractivity contribution is 8.18. The molecule has 0 radical (unpaired) electrons. The molecule has 0 atom stereocenters. The molecular formula is C16H22O2S3. The topological polar surface area (TPSA) is 34.1 Å². The van der Waals surface area contributed by atoms with Gasteiger partial charge in [-0.15, -0.1) is 23.5 Å². The van der Waals surface area contributed by atoms with E-state index in [9.17, 15) is 8.42 Å². The first kappa shape index (κ1) is 18.4. The van der Waals surface area contributed by atoms with Gasteiger partial charge in [-0.1, -0.05) is 45.0 Å². The number of rotatable bonds is 5. The van der Waals surface area contributed by atoms with Gasteiger partial charge < -0.3 is 0 Å². The quantitative estimate of drug-likeness (QED) is 0.708. The zero-order chi connectivity index (χ0) is 16.1. The number of thioether (sulfide) groups is 2. The van der Waals surface area contributed by atoms with E-state index in [1.54, 1.807) is 48.4 Å². The molecule has 116 valence electrons. The Balaban J connectivity index is 3.30. The maximum absolute atomic E-state index is 12.7. The summed E-state index contributed by atoms with van der Waals surface area (Å²) in [6, 6.07) is 8.56. The van der Waals surface area contributed by atoms with Crippen molar-refractivity contribution in [3.05, 3.63) is 51.6 Å². The summed E-state index contributed by atoms with van der Waals surface area (Å²) >= 11 is 2.82. The number of hydrogen-bond donors (Lipinski definition) is 0. The molecule has 2 nitrogen and oxygen atoms in total. The van der Waals surface area contributed by atoms with E-state index in [2.05, 4.69) is 26.8 Å². The van der Waals surface area contributed by atoms with Crippen molar-refractivity contribution < 1.29 is 8.42 Å². The van der Waals surface area contributed by atoms with Crippen LogP contribution in [0.4, 0.5) is 0 Å². The minimum atomic E-state index is -3.44. The van der Waals surface area contributed by atoms with Gasteiger partial charge in [0.05, 0.1) is 4.90 Å². The standard InChI is InChI=1S/C16H22O2S3/c1-16(2,3)12-13(19-4)11-15(20-5)21(17,18)14-9-7-6-8-10-14/h6-12H,1-5H3/b13-12+,15-11+. The number of sulfone groups is 1. The van der Waals surface area contributed by atoms with Crippen molar-refractivity contribution in [1.29, 1.82) is 0 Å². The predicted molar refractivity (Wildman–Crippen MR) is 96.3 cm³/mol. The second-order valence-electron chi connectivity index (χ2n) is 5.60. The van der Waals surface area contributed by atoms with Gasteiger partial charge in [0.2, 0.25) is 9.84 Å². The fourth-order valence-electron chi connectivity index (χ4n) is 1.66. The Hall–Kier alpha value is -0.650. The molecule has 1 aromatic rings. The summed E-state index contributed by atoms with van der Waals surface area (Å²) in [4.78, 5) is 1.30. The number of allylic oxidation sites excluding steroid dienone is 2. The molecular weight excluding hydrogens is 320 g/mol. The van der Waals surface area contributed by atoms with Crippen LogP contribution in [-0.2, 0) is 9.84 Å². The molecule has 21 heavy (non-hydrogen) atoms. The Morgan fingerprint density at radius 2 is 1.62 bits per heavy atom. The lowest BCUT2D eigenvalue weighted by Gasteiger charge is -2.14. The molecule has 0 aliphatic heterocycles. The Labute approximate surface area is 137 Å². The van der Waals surface area contributed by atoms with Gasteiger partial charge in [-0.25, -0.2) is 8.42 Å². The van der Waals surface area contributed by atoms with Crippen molar-refractivity contribution >= 4 is 33.4 Å². The van der Waals surface area contributed by atoms with Crippen LogP contribution >= 0.6 is 23.5 Å². The molecule has 0 saturated heterocycles. The minimum absolute atomic E-state index is 0.00880. The summed E-state index contributed by atoms with van der Waals surface area (Å²) in [6.07, 6.45) is 7.61. The zero-order valence-electron chi connectivity index (χ0n) is 13.1. The van der Waals surface area contributed by atoms with Gasteiger partial charge in [-0.3, -0.25) is 0 Å². The SMILES string of the molecule is CSC(=C/C(C)(C)C)/C=C(\SC)S(=O)(=O)c1ccccc1. The minimum Gasteiger partial charge on any atom is -0.218 e. The van der Waals surface area contributed by atoms with Crippen LogP contribution in [0.3, 0.4) is 0 Å². The molecule has 0 aliphatic rings. The van der Waals surface area contributed by atoms with Crippen LogP contribution in [0.1, 0.15) is 20.8 Å². The van der Waals surface area contributed by atoms with Gasteiger partial charge in [0.1, 0.15) is 4.24 Å². The summed E-state index contributed by atoms with van der Waals surface area (Å²) in [6.45, 7) is 6.30. The van der Waals surface area contributed by atoms with E-state index < -0.39 is 9.84 Å². The molecule has 0 aliphatic carbocycles. The Morgan fingerprint density at radius 3 is 2.05 bits per heavy atom. The maximum atomic E-state index is 12.7. The second kappa shape index (κ2) is 7.56. The molecule has 5 heteroatoms. The molecule has 0 heterocycles. The number of benzene rings is 1. The highest BCUT2D eigenvalue weighted by Gasteiger charge is 2.20. The molecule has 0 N–H and O–H groups in total. The van der Waals surface area contributed by atoms with E-state index in [1.165, 1.54) is 11.8 Å². The van der Waals surface area contributed by atoms with E-state index in [-0.39, 0.29) is 5.41 Å². The van der Waals surface area contributed by atoms with Crippen LogP contribution in [0, 0.1) is 5.41 Å². The zero-order valence-corrected chi connectivity index (χ0v) is 15.5. The third-order valence-corrected chi connectivity index (χ3v) is 6.52. The Kier molecular flexibility index (Phi) is 6.63. The Bertz CT molecular complexity index is 621. The lowest BCUT2D eigenvalue weighted by molar-refractivity contribution is 0.543. The van der Waals surface area contributed by atoms with Crippen LogP contribution in [-0.4, -0.2) is 20.9 Å². The van der Waals surface area contributed by atoms with Crippen molar-refractivity contribution in [2.24, 2.45) is 5.41 Å².